The van der Waals surface area contributed by atoms with E-state index in [0.29, 0.717) is 12.3 Å². The third-order valence-electron chi connectivity index (χ3n) is 2.42. The van der Waals surface area contributed by atoms with Crippen LogP contribution in [0.2, 0.25) is 0 Å². The van der Waals surface area contributed by atoms with E-state index >= 15 is 0 Å². The van der Waals surface area contributed by atoms with Crippen molar-refractivity contribution in [3.8, 4) is 0 Å². The number of aliphatic hydroxyl groups excluding tert-OH is 1. The summed E-state index contributed by atoms with van der Waals surface area (Å²) in [4.78, 5) is 0. The van der Waals surface area contributed by atoms with Crippen molar-refractivity contribution in [1.82, 2.24) is 0 Å². The molecule has 1 unspecified atom stereocenters. The number of hydrogen-bond donors (Lipinski definition) is 1. The maximum Gasteiger partial charge on any atom is 0.150 e. The van der Waals surface area contributed by atoms with Crippen molar-refractivity contribution in [3.05, 3.63) is 0 Å². The van der Waals surface area contributed by atoms with Gasteiger partial charge in [0.2, 0.25) is 0 Å². The first-order chi connectivity index (χ1) is 5.93. The Labute approximate surface area is 81.1 Å². The zero-order chi connectivity index (χ0) is 10.5. The predicted octanol–water partition coefficient (Wildman–Crippen LogP) is 1.08. The van der Waals surface area contributed by atoms with Crippen molar-refractivity contribution in [2.45, 2.75) is 27.2 Å². The Bertz CT molecular complexity index is 219. The summed E-state index contributed by atoms with van der Waals surface area (Å²) in [5.74, 6) is 0.856. The maximum atomic E-state index is 11.2. The average Bonchev–Trinajstić information content (AvgIpc) is 2.05. The molecule has 0 radical (unpaired) electrons. The number of sulfone groups is 1. The molecule has 0 aliphatic carbocycles. The number of hydrogen-bond acceptors (Lipinski definition) is 3. The second-order valence-electron chi connectivity index (χ2n) is 3.71. The zero-order valence-corrected chi connectivity index (χ0v) is 9.47. The van der Waals surface area contributed by atoms with Gasteiger partial charge in [-0.2, -0.15) is 0 Å². The van der Waals surface area contributed by atoms with Gasteiger partial charge in [0.05, 0.1) is 5.75 Å². The largest absolute Gasteiger partial charge is 0.396 e. The van der Waals surface area contributed by atoms with E-state index < -0.39 is 9.84 Å². The summed E-state index contributed by atoms with van der Waals surface area (Å²) in [5, 5.41) is 8.97. The minimum absolute atomic E-state index is 0.0803. The molecule has 0 aliphatic heterocycles. The van der Waals surface area contributed by atoms with Gasteiger partial charge in [-0.3, -0.25) is 0 Å². The lowest BCUT2D eigenvalue weighted by Crippen LogP contribution is -2.19. The van der Waals surface area contributed by atoms with Crippen LogP contribution in [0.25, 0.3) is 0 Å². The molecular formula is C9H20O3S. The highest BCUT2D eigenvalue weighted by atomic mass is 32.2. The standard InChI is InChI=1S/C9H20O3S/c1-4-13(11,12)6-5-9(7-10)8(2)3/h8-10H,4-7H2,1-3H3. The van der Waals surface area contributed by atoms with Gasteiger partial charge in [-0.25, -0.2) is 8.42 Å². The minimum atomic E-state index is -2.87. The van der Waals surface area contributed by atoms with Crippen LogP contribution in [0, 0.1) is 11.8 Å². The van der Waals surface area contributed by atoms with Crippen LogP contribution in [0.3, 0.4) is 0 Å². The molecule has 4 heteroatoms. The molecule has 0 heterocycles. The van der Waals surface area contributed by atoms with Gasteiger partial charge < -0.3 is 5.11 Å². The van der Waals surface area contributed by atoms with Crippen LogP contribution >= 0.6 is 0 Å². The smallest absolute Gasteiger partial charge is 0.150 e. The van der Waals surface area contributed by atoms with Gasteiger partial charge in [-0.15, -0.1) is 0 Å². The molecule has 13 heavy (non-hydrogen) atoms. The van der Waals surface area contributed by atoms with Crippen molar-refractivity contribution < 1.29 is 13.5 Å². The first-order valence-electron chi connectivity index (χ1n) is 4.74. The molecule has 0 aromatic heterocycles. The molecule has 0 amide bonds. The van der Waals surface area contributed by atoms with E-state index in [-0.39, 0.29) is 24.0 Å². The molecule has 80 valence electrons. The van der Waals surface area contributed by atoms with Gasteiger partial charge in [0.15, 0.2) is 0 Å². The molecule has 0 bridgehead atoms. The second-order valence-corrected chi connectivity index (χ2v) is 6.18. The molecule has 0 aromatic carbocycles. The molecular weight excluding hydrogens is 188 g/mol. The van der Waals surface area contributed by atoms with Crippen LogP contribution in [0.1, 0.15) is 27.2 Å². The fourth-order valence-corrected chi connectivity index (χ4v) is 2.06. The quantitative estimate of drug-likeness (QED) is 0.710. The van der Waals surface area contributed by atoms with Crippen molar-refractivity contribution in [3.63, 3.8) is 0 Å². The summed E-state index contributed by atoms with van der Waals surface area (Å²) in [6.07, 6.45) is 0.574. The van der Waals surface area contributed by atoms with E-state index in [0.717, 1.165) is 0 Å². The Morgan fingerprint density at radius 3 is 2.15 bits per heavy atom. The summed E-state index contributed by atoms with van der Waals surface area (Å²) in [7, 11) is -2.87. The van der Waals surface area contributed by atoms with Crippen LogP contribution in [0.5, 0.6) is 0 Å². The molecule has 0 aromatic rings. The molecule has 0 aliphatic rings. The second kappa shape index (κ2) is 5.60. The summed E-state index contributed by atoms with van der Waals surface area (Å²) in [6, 6.07) is 0. The lowest BCUT2D eigenvalue weighted by atomic mass is 9.94. The van der Waals surface area contributed by atoms with Gasteiger partial charge in [-0.05, 0) is 18.3 Å². The van der Waals surface area contributed by atoms with Crippen LogP contribution in [-0.2, 0) is 9.84 Å². The lowest BCUT2D eigenvalue weighted by molar-refractivity contribution is 0.186. The predicted molar refractivity (Wildman–Crippen MR) is 54.4 cm³/mol. The Hall–Kier alpha value is -0.0900. The molecule has 0 saturated carbocycles. The lowest BCUT2D eigenvalue weighted by Gasteiger charge is -2.17. The first-order valence-corrected chi connectivity index (χ1v) is 6.56. The maximum absolute atomic E-state index is 11.2. The number of rotatable bonds is 6. The summed E-state index contributed by atoms with van der Waals surface area (Å²) in [6.45, 7) is 5.73. The van der Waals surface area contributed by atoms with E-state index in [1.54, 1.807) is 6.92 Å². The third-order valence-corrected chi connectivity index (χ3v) is 4.15. The Morgan fingerprint density at radius 1 is 1.31 bits per heavy atom. The van der Waals surface area contributed by atoms with Crippen LogP contribution in [0.4, 0.5) is 0 Å². The van der Waals surface area contributed by atoms with E-state index in [1.807, 2.05) is 13.8 Å². The SMILES string of the molecule is CCS(=O)(=O)CCC(CO)C(C)C. The molecule has 1 atom stereocenters. The fourth-order valence-electron chi connectivity index (χ4n) is 1.11. The average molecular weight is 208 g/mol. The Kier molecular flexibility index (Phi) is 5.56. The van der Waals surface area contributed by atoms with Crippen LogP contribution in [-0.4, -0.2) is 31.6 Å². The van der Waals surface area contributed by atoms with E-state index in [2.05, 4.69) is 0 Å². The van der Waals surface area contributed by atoms with Gasteiger partial charge >= 0.3 is 0 Å². The molecule has 0 saturated heterocycles. The summed E-state index contributed by atoms with van der Waals surface area (Å²) >= 11 is 0. The highest BCUT2D eigenvalue weighted by molar-refractivity contribution is 7.91. The highest BCUT2D eigenvalue weighted by Crippen LogP contribution is 2.15. The molecule has 0 spiro atoms. The van der Waals surface area contributed by atoms with Crippen molar-refractivity contribution in [2.24, 2.45) is 11.8 Å². The molecule has 3 nitrogen and oxygen atoms in total. The van der Waals surface area contributed by atoms with Crippen molar-refractivity contribution in [2.75, 3.05) is 18.1 Å². The van der Waals surface area contributed by atoms with E-state index in [9.17, 15) is 8.42 Å². The highest BCUT2D eigenvalue weighted by Gasteiger charge is 2.16. The fraction of sp³-hybridized carbons (Fsp3) is 1.00. The van der Waals surface area contributed by atoms with Crippen molar-refractivity contribution >= 4 is 9.84 Å². The molecule has 1 N–H and O–H groups in total. The van der Waals surface area contributed by atoms with Gasteiger partial charge in [0.25, 0.3) is 0 Å². The monoisotopic (exact) mass is 208 g/mol. The topological polar surface area (TPSA) is 54.4 Å². The number of aliphatic hydroxyl groups is 1. The molecule has 0 fully saturated rings. The van der Waals surface area contributed by atoms with Gasteiger partial charge in [0, 0.05) is 12.4 Å². The first kappa shape index (κ1) is 12.9. The minimum Gasteiger partial charge on any atom is -0.396 e. The van der Waals surface area contributed by atoms with Crippen molar-refractivity contribution in [1.29, 1.82) is 0 Å². The third kappa shape index (κ3) is 5.26. The Balaban J connectivity index is 4.00. The van der Waals surface area contributed by atoms with Crippen LogP contribution in [0.15, 0.2) is 0 Å². The molecule has 0 rings (SSSR count). The van der Waals surface area contributed by atoms with E-state index in [4.69, 9.17) is 5.11 Å². The van der Waals surface area contributed by atoms with Crippen LogP contribution < -0.4 is 0 Å². The zero-order valence-electron chi connectivity index (χ0n) is 8.66. The normalized spacial score (nSPS) is 14.8. The van der Waals surface area contributed by atoms with Gasteiger partial charge in [0.1, 0.15) is 9.84 Å². The summed E-state index contributed by atoms with van der Waals surface area (Å²) < 4.78 is 22.3. The Morgan fingerprint density at radius 2 is 1.85 bits per heavy atom. The van der Waals surface area contributed by atoms with E-state index in [1.165, 1.54) is 0 Å². The summed E-state index contributed by atoms with van der Waals surface area (Å²) in [5.41, 5.74) is 0. The van der Waals surface area contributed by atoms with Gasteiger partial charge in [-0.1, -0.05) is 20.8 Å².